The Bertz CT molecular complexity index is 294. The molecule has 0 radical (unpaired) electrons. The van der Waals surface area contributed by atoms with Gasteiger partial charge in [-0.2, -0.15) is 0 Å². The van der Waals surface area contributed by atoms with E-state index >= 15 is 0 Å². The fraction of sp³-hybridized carbons (Fsp3) is 0.667. The smallest absolute Gasteiger partial charge is 0.0890 e. The normalized spacial score (nSPS) is 41.8. The highest BCUT2D eigenvalue weighted by molar-refractivity contribution is 5.33. The van der Waals surface area contributed by atoms with Crippen molar-refractivity contribution in [1.82, 2.24) is 0 Å². The maximum absolute atomic E-state index is 9.55. The lowest BCUT2D eigenvalue weighted by atomic mass is 9.60. The fourth-order valence-electron chi connectivity index (χ4n) is 2.71. The van der Waals surface area contributed by atoms with Gasteiger partial charge in [-0.15, -0.1) is 0 Å². The number of aliphatic hydroxyl groups is 1. The third kappa shape index (κ3) is 1.21. The monoisotopic (exact) mass is 178 g/mol. The first kappa shape index (κ1) is 8.86. The minimum absolute atomic E-state index is 0.341. The largest absolute Gasteiger partial charge is 0.513 e. The van der Waals surface area contributed by atoms with Gasteiger partial charge in [0, 0.05) is 5.92 Å². The summed E-state index contributed by atoms with van der Waals surface area (Å²) in [5.41, 5.74) is 3.14. The summed E-state index contributed by atoms with van der Waals surface area (Å²) in [6.45, 7) is 6.37. The maximum atomic E-state index is 9.55. The average Bonchev–Trinajstić information content (AvgIpc) is 2.06. The molecular formula is C12H18O. The second kappa shape index (κ2) is 2.63. The van der Waals surface area contributed by atoms with Crippen molar-refractivity contribution in [2.45, 2.75) is 40.0 Å². The van der Waals surface area contributed by atoms with Gasteiger partial charge in [-0.3, -0.25) is 0 Å². The molecule has 2 atom stereocenters. The van der Waals surface area contributed by atoms with Crippen molar-refractivity contribution in [2.75, 3.05) is 0 Å². The molecule has 3 aliphatic rings. The quantitative estimate of drug-likeness (QED) is 0.444. The highest BCUT2D eigenvalue weighted by Gasteiger charge is 2.40. The van der Waals surface area contributed by atoms with Crippen LogP contribution in [0.25, 0.3) is 0 Å². The summed E-state index contributed by atoms with van der Waals surface area (Å²) in [6.07, 6.45) is 5.93. The maximum Gasteiger partial charge on any atom is 0.0890 e. The van der Waals surface area contributed by atoms with E-state index in [4.69, 9.17) is 0 Å². The van der Waals surface area contributed by atoms with E-state index < -0.39 is 0 Å². The molecule has 1 saturated carbocycles. The Balaban J connectivity index is 2.44. The number of rotatable bonds is 0. The van der Waals surface area contributed by atoms with Gasteiger partial charge in [-0.05, 0) is 44.1 Å². The molecule has 1 N–H and O–H groups in total. The predicted molar refractivity (Wildman–Crippen MR) is 54.5 cm³/mol. The summed E-state index contributed by atoms with van der Waals surface area (Å²) < 4.78 is 0. The second-order valence-electron chi connectivity index (χ2n) is 4.84. The van der Waals surface area contributed by atoms with Crippen LogP contribution in [0.1, 0.15) is 40.0 Å². The Labute approximate surface area is 80.2 Å². The Morgan fingerprint density at radius 2 is 2.31 bits per heavy atom. The summed E-state index contributed by atoms with van der Waals surface area (Å²) in [7, 11) is 0. The van der Waals surface area contributed by atoms with Crippen molar-refractivity contribution in [2.24, 2.45) is 11.3 Å². The topological polar surface area (TPSA) is 20.2 Å². The van der Waals surface area contributed by atoms with Crippen molar-refractivity contribution >= 4 is 0 Å². The van der Waals surface area contributed by atoms with E-state index in [1.54, 1.807) is 0 Å². The molecule has 0 aliphatic heterocycles. The van der Waals surface area contributed by atoms with Gasteiger partial charge in [0.15, 0.2) is 0 Å². The zero-order valence-corrected chi connectivity index (χ0v) is 8.72. The Hall–Kier alpha value is -0.720. The lowest BCUT2D eigenvalue weighted by Gasteiger charge is -2.45. The van der Waals surface area contributed by atoms with Crippen molar-refractivity contribution in [3.63, 3.8) is 0 Å². The van der Waals surface area contributed by atoms with Gasteiger partial charge in [0.2, 0.25) is 0 Å². The lowest BCUT2D eigenvalue weighted by Crippen LogP contribution is -2.32. The number of fused-ring (bicyclic) bond motifs is 2. The molecule has 0 heterocycles. The minimum Gasteiger partial charge on any atom is -0.513 e. The average molecular weight is 178 g/mol. The lowest BCUT2D eigenvalue weighted by molar-refractivity contribution is 0.246. The molecular weight excluding hydrogens is 160 g/mol. The van der Waals surface area contributed by atoms with Gasteiger partial charge in [0.1, 0.15) is 0 Å². The van der Waals surface area contributed by atoms with Gasteiger partial charge in [-0.25, -0.2) is 0 Å². The SMILES string of the molecule is CC1=CC2CCC1(C)CC2=C(C)O. The van der Waals surface area contributed by atoms with E-state index in [1.165, 1.54) is 24.0 Å². The van der Waals surface area contributed by atoms with E-state index in [-0.39, 0.29) is 0 Å². The second-order valence-corrected chi connectivity index (χ2v) is 4.84. The molecule has 0 aromatic heterocycles. The van der Waals surface area contributed by atoms with Crippen molar-refractivity contribution < 1.29 is 5.11 Å². The van der Waals surface area contributed by atoms with Crippen LogP contribution in [0, 0.1) is 11.3 Å². The van der Waals surface area contributed by atoms with Crippen LogP contribution >= 0.6 is 0 Å². The van der Waals surface area contributed by atoms with Gasteiger partial charge < -0.3 is 5.11 Å². The number of hydrogen-bond donors (Lipinski definition) is 1. The highest BCUT2D eigenvalue weighted by Crippen LogP contribution is 2.52. The summed E-state index contributed by atoms with van der Waals surface area (Å²) in [5, 5.41) is 9.55. The molecule has 3 aliphatic carbocycles. The molecule has 2 unspecified atom stereocenters. The zero-order valence-electron chi connectivity index (χ0n) is 8.72. The van der Waals surface area contributed by atoms with Crippen LogP contribution in [0.15, 0.2) is 23.0 Å². The molecule has 0 amide bonds. The number of allylic oxidation sites excluding steroid dienone is 4. The zero-order chi connectivity index (χ0) is 9.64. The highest BCUT2D eigenvalue weighted by atomic mass is 16.3. The molecule has 0 aromatic carbocycles. The fourth-order valence-corrected chi connectivity index (χ4v) is 2.71. The van der Waals surface area contributed by atoms with Gasteiger partial charge in [-0.1, -0.05) is 18.6 Å². The van der Waals surface area contributed by atoms with Gasteiger partial charge in [0.05, 0.1) is 5.76 Å². The molecule has 3 rings (SSSR count). The van der Waals surface area contributed by atoms with E-state index in [9.17, 15) is 5.11 Å². The minimum atomic E-state index is 0.341. The van der Waals surface area contributed by atoms with Crippen molar-refractivity contribution in [1.29, 1.82) is 0 Å². The first-order valence-corrected chi connectivity index (χ1v) is 5.10. The molecule has 72 valence electrons. The van der Waals surface area contributed by atoms with Crippen molar-refractivity contribution in [3.8, 4) is 0 Å². The summed E-state index contributed by atoms with van der Waals surface area (Å²) in [4.78, 5) is 0. The summed E-state index contributed by atoms with van der Waals surface area (Å²) in [5.74, 6) is 1.09. The Morgan fingerprint density at radius 1 is 1.62 bits per heavy atom. The predicted octanol–water partition coefficient (Wildman–Crippen LogP) is 3.58. The third-order valence-electron chi connectivity index (χ3n) is 3.90. The van der Waals surface area contributed by atoms with Crippen LogP contribution in [-0.4, -0.2) is 5.11 Å². The standard InChI is InChI=1S/C12H18O/c1-8-6-10-4-5-12(8,3)7-11(10)9(2)13/h6,10,13H,4-5,7H2,1-3H3. The summed E-state index contributed by atoms with van der Waals surface area (Å²) in [6, 6.07) is 0. The van der Waals surface area contributed by atoms with Crippen molar-refractivity contribution in [3.05, 3.63) is 23.0 Å². The van der Waals surface area contributed by atoms with Crippen LogP contribution in [0.2, 0.25) is 0 Å². The molecule has 1 nitrogen and oxygen atoms in total. The van der Waals surface area contributed by atoms with E-state index in [0.29, 0.717) is 17.1 Å². The molecule has 1 heteroatoms. The third-order valence-corrected chi connectivity index (χ3v) is 3.90. The molecule has 0 saturated heterocycles. The van der Waals surface area contributed by atoms with Crippen LogP contribution in [0.4, 0.5) is 0 Å². The number of hydrogen-bond acceptors (Lipinski definition) is 1. The van der Waals surface area contributed by atoms with Crippen LogP contribution in [0.5, 0.6) is 0 Å². The van der Waals surface area contributed by atoms with Gasteiger partial charge in [0.25, 0.3) is 0 Å². The Morgan fingerprint density at radius 3 is 2.77 bits per heavy atom. The first-order chi connectivity index (χ1) is 6.03. The van der Waals surface area contributed by atoms with Crippen LogP contribution < -0.4 is 0 Å². The molecule has 2 bridgehead atoms. The molecule has 1 fully saturated rings. The molecule has 0 aromatic rings. The Kier molecular flexibility index (Phi) is 1.79. The number of aliphatic hydroxyl groups excluding tert-OH is 1. The van der Waals surface area contributed by atoms with Crippen LogP contribution in [0.3, 0.4) is 0 Å². The van der Waals surface area contributed by atoms with E-state index in [0.717, 1.165) is 6.42 Å². The first-order valence-electron chi connectivity index (χ1n) is 5.10. The van der Waals surface area contributed by atoms with Crippen LogP contribution in [-0.2, 0) is 0 Å². The van der Waals surface area contributed by atoms with E-state index in [2.05, 4.69) is 19.9 Å². The van der Waals surface area contributed by atoms with E-state index in [1.807, 2.05) is 6.92 Å². The summed E-state index contributed by atoms with van der Waals surface area (Å²) >= 11 is 0. The van der Waals surface area contributed by atoms with Gasteiger partial charge >= 0.3 is 0 Å². The molecule has 0 spiro atoms. The molecule has 13 heavy (non-hydrogen) atoms.